The van der Waals surface area contributed by atoms with Crippen molar-refractivity contribution in [1.29, 1.82) is 0 Å². The van der Waals surface area contributed by atoms with Gasteiger partial charge in [0.25, 0.3) is 6.43 Å². The van der Waals surface area contributed by atoms with E-state index < -0.39 is 12.2 Å². The molecule has 3 aromatic rings. The molecule has 0 aromatic carbocycles. The third kappa shape index (κ3) is 2.03. The standard InChI is InChI=1S/C12H7F2N3O2S/c13-9(14)7-1-2-8(19-7)11-16-10(15)6-3-5(4-18)20-12(6)17-11/h1-4,9H,(H2,15,16,17). The van der Waals surface area contributed by atoms with Gasteiger partial charge in [0.05, 0.1) is 10.3 Å². The Balaban J connectivity index is 2.13. The summed E-state index contributed by atoms with van der Waals surface area (Å²) in [5, 5.41) is 0.557. The van der Waals surface area contributed by atoms with Gasteiger partial charge < -0.3 is 10.2 Å². The number of alkyl halides is 2. The molecule has 3 heterocycles. The number of furan rings is 1. The van der Waals surface area contributed by atoms with Crippen LogP contribution in [0.2, 0.25) is 0 Å². The maximum Gasteiger partial charge on any atom is 0.295 e. The highest BCUT2D eigenvalue weighted by Crippen LogP contribution is 2.31. The van der Waals surface area contributed by atoms with Crippen molar-refractivity contribution < 1.29 is 18.0 Å². The average molecular weight is 295 g/mol. The van der Waals surface area contributed by atoms with Crippen LogP contribution in [0.25, 0.3) is 21.8 Å². The van der Waals surface area contributed by atoms with Crippen molar-refractivity contribution in [3.8, 4) is 11.6 Å². The first-order valence-electron chi connectivity index (χ1n) is 5.49. The molecule has 3 rings (SSSR count). The van der Waals surface area contributed by atoms with Crippen LogP contribution in [0.1, 0.15) is 21.9 Å². The van der Waals surface area contributed by atoms with Crippen LogP contribution in [-0.4, -0.2) is 16.3 Å². The lowest BCUT2D eigenvalue weighted by Crippen LogP contribution is -1.95. The number of nitrogen functional groups attached to an aromatic ring is 1. The fourth-order valence-corrected chi connectivity index (χ4v) is 2.57. The molecule has 0 aliphatic carbocycles. The number of halogens is 2. The lowest BCUT2D eigenvalue weighted by atomic mass is 10.3. The van der Waals surface area contributed by atoms with Crippen molar-refractivity contribution in [2.45, 2.75) is 6.43 Å². The minimum atomic E-state index is -2.70. The summed E-state index contributed by atoms with van der Waals surface area (Å²) in [7, 11) is 0. The summed E-state index contributed by atoms with van der Waals surface area (Å²) in [6.45, 7) is 0. The van der Waals surface area contributed by atoms with Crippen LogP contribution in [-0.2, 0) is 0 Å². The SMILES string of the molecule is Nc1nc(-c2ccc(C(F)F)o2)nc2sc(C=O)cc12. The van der Waals surface area contributed by atoms with E-state index >= 15 is 0 Å². The van der Waals surface area contributed by atoms with Gasteiger partial charge in [-0.2, -0.15) is 0 Å². The number of aromatic nitrogens is 2. The molecule has 0 fully saturated rings. The van der Waals surface area contributed by atoms with Crippen molar-refractivity contribution in [3.63, 3.8) is 0 Å². The first-order valence-corrected chi connectivity index (χ1v) is 6.30. The van der Waals surface area contributed by atoms with Gasteiger partial charge in [-0.1, -0.05) is 0 Å². The number of nitrogens with zero attached hydrogens (tertiary/aromatic N) is 2. The minimum absolute atomic E-state index is 0.106. The summed E-state index contributed by atoms with van der Waals surface area (Å²) in [4.78, 5) is 19.9. The van der Waals surface area contributed by atoms with E-state index in [0.29, 0.717) is 21.4 Å². The molecule has 2 N–H and O–H groups in total. The fourth-order valence-electron chi connectivity index (χ4n) is 1.72. The van der Waals surface area contributed by atoms with E-state index in [4.69, 9.17) is 10.2 Å². The Kier molecular flexibility index (Phi) is 2.94. The van der Waals surface area contributed by atoms with Crippen LogP contribution in [0.5, 0.6) is 0 Å². The summed E-state index contributed by atoms with van der Waals surface area (Å²) < 4.78 is 29.9. The molecule has 20 heavy (non-hydrogen) atoms. The molecular weight excluding hydrogens is 288 g/mol. The average Bonchev–Trinajstić information content (AvgIpc) is 3.05. The first-order chi connectivity index (χ1) is 9.58. The van der Waals surface area contributed by atoms with Crippen molar-refractivity contribution in [1.82, 2.24) is 9.97 Å². The fraction of sp³-hybridized carbons (Fsp3) is 0.0833. The van der Waals surface area contributed by atoms with Crippen molar-refractivity contribution in [3.05, 3.63) is 28.8 Å². The summed E-state index contributed by atoms with van der Waals surface area (Å²) in [5.74, 6) is -0.0671. The van der Waals surface area contributed by atoms with E-state index in [9.17, 15) is 13.6 Å². The van der Waals surface area contributed by atoms with Gasteiger partial charge in [-0.05, 0) is 18.2 Å². The second-order valence-electron chi connectivity index (χ2n) is 3.92. The van der Waals surface area contributed by atoms with E-state index in [0.717, 1.165) is 17.4 Å². The lowest BCUT2D eigenvalue weighted by Gasteiger charge is -1.99. The largest absolute Gasteiger partial charge is 0.452 e. The lowest BCUT2D eigenvalue weighted by molar-refractivity contribution is 0.112. The zero-order valence-electron chi connectivity index (χ0n) is 9.84. The van der Waals surface area contributed by atoms with Gasteiger partial charge in [0.15, 0.2) is 23.6 Å². The number of anilines is 1. The highest BCUT2D eigenvalue weighted by atomic mass is 32.1. The van der Waals surface area contributed by atoms with Crippen molar-refractivity contribution in [2.75, 3.05) is 5.73 Å². The molecule has 8 heteroatoms. The van der Waals surface area contributed by atoms with Crippen molar-refractivity contribution >= 4 is 33.7 Å². The normalized spacial score (nSPS) is 11.3. The Bertz CT molecular complexity index is 797. The van der Waals surface area contributed by atoms with Gasteiger partial charge >= 0.3 is 0 Å². The Labute approximate surface area is 115 Å². The Morgan fingerprint density at radius 3 is 2.80 bits per heavy atom. The van der Waals surface area contributed by atoms with Crippen LogP contribution in [0, 0.1) is 0 Å². The molecule has 0 amide bonds. The van der Waals surface area contributed by atoms with Crippen LogP contribution in [0.3, 0.4) is 0 Å². The number of carbonyl (C=O) groups excluding carboxylic acids is 1. The molecule has 0 unspecified atom stereocenters. The van der Waals surface area contributed by atoms with Gasteiger partial charge in [0.1, 0.15) is 10.6 Å². The molecule has 0 saturated carbocycles. The smallest absolute Gasteiger partial charge is 0.295 e. The summed E-state index contributed by atoms with van der Waals surface area (Å²) in [6.07, 6.45) is -2.01. The molecule has 0 bridgehead atoms. The third-order valence-corrected chi connectivity index (χ3v) is 3.57. The number of fused-ring (bicyclic) bond motifs is 1. The number of hydrogen-bond donors (Lipinski definition) is 1. The molecule has 0 aliphatic rings. The maximum atomic E-state index is 12.5. The third-order valence-electron chi connectivity index (χ3n) is 2.62. The minimum Gasteiger partial charge on any atom is -0.452 e. The molecule has 0 radical (unpaired) electrons. The highest BCUT2D eigenvalue weighted by molar-refractivity contribution is 7.20. The second-order valence-corrected chi connectivity index (χ2v) is 4.98. The zero-order valence-corrected chi connectivity index (χ0v) is 10.7. The number of nitrogens with two attached hydrogens (primary N) is 1. The number of aldehydes is 1. The Morgan fingerprint density at radius 1 is 1.35 bits per heavy atom. The summed E-state index contributed by atoms with van der Waals surface area (Å²) in [5.41, 5.74) is 5.78. The number of rotatable bonds is 3. The van der Waals surface area contributed by atoms with Gasteiger partial charge in [-0.25, -0.2) is 18.7 Å². The van der Waals surface area contributed by atoms with Crippen LogP contribution in [0.15, 0.2) is 22.6 Å². The molecule has 102 valence electrons. The first kappa shape index (κ1) is 12.7. The molecular formula is C12H7F2N3O2S. The van der Waals surface area contributed by atoms with Crippen molar-refractivity contribution in [2.24, 2.45) is 0 Å². The maximum absolute atomic E-state index is 12.5. The zero-order chi connectivity index (χ0) is 14.3. The molecule has 3 aromatic heterocycles. The number of carbonyl (C=O) groups is 1. The van der Waals surface area contributed by atoms with E-state index in [1.54, 1.807) is 6.07 Å². The monoisotopic (exact) mass is 295 g/mol. The molecule has 0 spiro atoms. The van der Waals surface area contributed by atoms with Gasteiger partial charge in [0.2, 0.25) is 0 Å². The van der Waals surface area contributed by atoms with E-state index in [1.165, 1.54) is 6.07 Å². The quantitative estimate of drug-likeness (QED) is 0.750. The predicted octanol–water partition coefficient (Wildman–Crippen LogP) is 3.28. The molecule has 0 atom stereocenters. The van der Waals surface area contributed by atoms with Gasteiger partial charge in [0, 0.05) is 0 Å². The molecule has 0 aliphatic heterocycles. The Hall–Kier alpha value is -2.35. The van der Waals surface area contributed by atoms with E-state index in [-0.39, 0.29) is 17.4 Å². The Morgan fingerprint density at radius 2 is 2.15 bits per heavy atom. The topological polar surface area (TPSA) is 82.0 Å². The number of hydrogen-bond acceptors (Lipinski definition) is 6. The molecule has 0 saturated heterocycles. The molecule has 5 nitrogen and oxygen atoms in total. The van der Waals surface area contributed by atoms with Crippen LogP contribution in [0.4, 0.5) is 14.6 Å². The second kappa shape index (κ2) is 4.64. The van der Waals surface area contributed by atoms with Gasteiger partial charge in [-0.3, -0.25) is 4.79 Å². The van der Waals surface area contributed by atoms with E-state index in [1.807, 2.05) is 0 Å². The van der Waals surface area contributed by atoms with Crippen LogP contribution < -0.4 is 5.73 Å². The van der Waals surface area contributed by atoms with Crippen LogP contribution >= 0.6 is 11.3 Å². The number of thiophene rings is 1. The summed E-state index contributed by atoms with van der Waals surface area (Å²) in [6, 6.07) is 4.10. The predicted molar refractivity (Wildman–Crippen MR) is 69.9 cm³/mol. The summed E-state index contributed by atoms with van der Waals surface area (Å²) >= 11 is 1.14. The van der Waals surface area contributed by atoms with E-state index in [2.05, 4.69) is 9.97 Å². The van der Waals surface area contributed by atoms with Gasteiger partial charge in [-0.15, -0.1) is 11.3 Å². The highest BCUT2D eigenvalue weighted by Gasteiger charge is 2.17.